The zero-order chi connectivity index (χ0) is 21.7. The molecular formula is C22H21BrN2O4S. The van der Waals surface area contributed by atoms with E-state index in [4.69, 9.17) is 4.74 Å². The lowest BCUT2D eigenvalue weighted by molar-refractivity contribution is 0.0939. The summed E-state index contributed by atoms with van der Waals surface area (Å²) in [5.74, 6) is 0.0323. The fourth-order valence-corrected chi connectivity index (χ4v) is 4.67. The van der Waals surface area contributed by atoms with Crippen molar-refractivity contribution >= 4 is 37.5 Å². The van der Waals surface area contributed by atoms with Gasteiger partial charge in [0, 0.05) is 10.0 Å². The molecule has 2 N–H and O–H groups in total. The van der Waals surface area contributed by atoms with Gasteiger partial charge in [0.05, 0.1) is 23.7 Å². The summed E-state index contributed by atoms with van der Waals surface area (Å²) in [5, 5.41) is 2.90. The molecule has 3 aromatic rings. The van der Waals surface area contributed by atoms with Gasteiger partial charge in [-0.1, -0.05) is 52.3 Å². The maximum Gasteiger partial charge on any atom is 0.262 e. The molecule has 3 rings (SSSR count). The minimum atomic E-state index is -3.91. The van der Waals surface area contributed by atoms with Crippen molar-refractivity contribution in [3.8, 4) is 5.75 Å². The van der Waals surface area contributed by atoms with Gasteiger partial charge in [-0.25, -0.2) is 8.42 Å². The number of anilines is 1. The van der Waals surface area contributed by atoms with Gasteiger partial charge in [-0.05, 0) is 48.9 Å². The summed E-state index contributed by atoms with van der Waals surface area (Å²) in [5.41, 5.74) is 1.49. The molecule has 0 radical (unpaired) electrons. The first-order valence-corrected chi connectivity index (χ1v) is 11.4. The first kappa shape index (κ1) is 21.9. The lowest BCUT2D eigenvalue weighted by atomic mass is 10.1. The second-order valence-electron chi connectivity index (χ2n) is 6.55. The maximum atomic E-state index is 12.8. The van der Waals surface area contributed by atoms with Crippen LogP contribution in [0.3, 0.4) is 0 Å². The number of carbonyl (C=O) groups excluding carboxylic acids is 1. The molecule has 0 aromatic heterocycles. The van der Waals surface area contributed by atoms with Crippen molar-refractivity contribution in [1.82, 2.24) is 5.32 Å². The highest BCUT2D eigenvalue weighted by Gasteiger charge is 2.19. The molecule has 3 aromatic carbocycles. The predicted octanol–water partition coefficient (Wildman–Crippen LogP) is 4.75. The number of hydrogen-bond donors (Lipinski definition) is 2. The number of methoxy groups -OCH3 is 1. The van der Waals surface area contributed by atoms with Gasteiger partial charge in [0.15, 0.2) is 0 Å². The van der Waals surface area contributed by atoms with Gasteiger partial charge in [0.25, 0.3) is 15.9 Å². The summed E-state index contributed by atoms with van der Waals surface area (Å²) < 4.78 is 34.2. The third-order valence-corrected chi connectivity index (χ3v) is 6.56. The summed E-state index contributed by atoms with van der Waals surface area (Å²) in [4.78, 5) is 12.7. The smallest absolute Gasteiger partial charge is 0.262 e. The molecule has 1 unspecified atom stereocenters. The fraction of sp³-hybridized carbons (Fsp3) is 0.136. The van der Waals surface area contributed by atoms with Gasteiger partial charge in [-0.3, -0.25) is 9.52 Å². The quantitative estimate of drug-likeness (QED) is 0.502. The van der Waals surface area contributed by atoms with E-state index in [0.717, 1.165) is 10.0 Å². The molecule has 0 heterocycles. The van der Waals surface area contributed by atoms with Gasteiger partial charge < -0.3 is 10.1 Å². The van der Waals surface area contributed by atoms with Crippen LogP contribution < -0.4 is 14.8 Å². The van der Waals surface area contributed by atoms with Crippen LogP contribution in [0.5, 0.6) is 5.75 Å². The van der Waals surface area contributed by atoms with Crippen LogP contribution in [0.2, 0.25) is 0 Å². The summed E-state index contributed by atoms with van der Waals surface area (Å²) in [6.07, 6.45) is 0. The van der Waals surface area contributed by atoms with Crippen LogP contribution in [0.4, 0.5) is 5.69 Å². The third-order valence-electron chi connectivity index (χ3n) is 4.48. The Bertz CT molecular complexity index is 1170. The van der Waals surface area contributed by atoms with Gasteiger partial charge in [0.2, 0.25) is 0 Å². The zero-order valence-corrected chi connectivity index (χ0v) is 18.8. The van der Waals surface area contributed by atoms with Crippen molar-refractivity contribution in [2.75, 3.05) is 11.8 Å². The Labute approximate surface area is 184 Å². The minimum absolute atomic E-state index is 0.0189. The first-order valence-electron chi connectivity index (χ1n) is 9.13. The monoisotopic (exact) mass is 488 g/mol. The number of ether oxygens (including phenoxy) is 1. The highest BCUT2D eigenvalue weighted by atomic mass is 79.9. The van der Waals surface area contributed by atoms with E-state index in [0.29, 0.717) is 11.4 Å². The molecule has 30 heavy (non-hydrogen) atoms. The van der Waals surface area contributed by atoms with Gasteiger partial charge in [-0.2, -0.15) is 0 Å². The van der Waals surface area contributed by atoms with E-state index < -0.39 is 10.0 Å². The molecule has 0 saturated carbocycles. The van der Waals surface area contributed by atoms with Gasteiger partial charge in [-0.15, -0.1) is 0 Å². The Balaban J connectivity index is 1.81. The molecule has 8 heteroatoms. The van der Waals surface area contributed by atoms with Crippen LogP contribution in [0, 0.1) is 0 Å². The molecule has 0 bridgehead atoms. The molecule has 0 aliphatic heterocycles. The molecule has 1 atom stereocenters. The number of para-hydroxylation sites is 2. The predicted molar refractivity (Wildman–Crippen MR) is 120 cm³/mol. The molecular weight excluding hydrogens is 468 g/mol. The maximum absolute atomic E-state index is 12.8. The topological polar surface area (TPSA) is 84.5 Å². The number of benzene rings is 3. The summed E-state index contributed by atoms with van der Waals surface area (Å²) in [6.45, 7) is 1.86. The van der Waals surface area contributed by atoms with Crippen molar-refractivity contribution in [2.24, 2.45) is 0 Å². The Hall–Kier alpha value is -2.84. The number of rotatable bonds is 7. The Kier molecular flexibility index (Phi) is 6.79. The normalized spacial score (nSPS) is 12.1. The minimum Gasteiger partial charge on any atom is -0.495 e. The highest BCUT2D eigenvalue weighted by molar-refractivity contribution is 9.10. The average Bonchev–Trinajstić information content (AvgIpc) is 2.74. The average molecular weight is 489 g/mol. The van der Waals surface area contributed by atoms with Gasteiger partial charge >= 0.3 is 0 Å². The van der Waals surface area contributed by atoms with Crippen molar-refractivity contribution in [3.05, 3.63) is 88.4 Å². The largest absolute Gasteiger partial charge is 0.495 e. The second kappa shape index (κ2) is 9.32. The lowest BCUT2D eigenvalue weighted by Gasteiger charge is -2.16. The number of hydrogen-bond acceptors (Lipinski definition) is 4. The van der Waals surface area contributed by atoms with E-state index in [-0.39, 0.29) is 22.4 Å². The summed E-state index contributed by atoms with van der Waals surface area (Å²) >= 11 is 3.47. The summed E-state index contributed by atoms with van der Waals surface area (Å²) in [7, 11) is -2.44. The van der Waals surface area contributed by atoms with Crippen molar-refractivity contribution < 1.29 is 17.9 Å². The summed E-state index contributed by atoms with van der Waals surface area (Å²) in [6, 6.07) is 19.9. The molecule has 0 fully saturated rings. The van der Waals surface area contributed by atoms with Crippen molar-refractivity contribution in [2.45, 2.75) is 17.9 Å². The molecule has 0 spiro atoms. The molecule has 0 aliphatic rings. The van der Waals surface area contributed by atoms with E-state index in [1.165, 1.54) is 25.3 Å². The lowest BCUT2D eigenvalue weighted by Crippen LogP contribution is -2.27. The first-order chi connectivity index (χ1) is 14.3. The second-order valence-corrected chi connectivity index (χ2v) is 9.09. The van der Waals surface area contributed by atoms with E-state index in [1.807, 2.05) is 31.2 Å². The van der Waals surface area contributed by atoms with Crippen LogP contribution in [0.25, 0.3) is 0 Å². The van der Waals surface area contributed by atoms with E-state index in [1.54, 1.807) is 30.3 Å². The molecule has 6 nitrogen and oxygen atoms in total. The standard InChI is InChI=1S/C22H21BrN2O4S/c1-15(18-10-3-4-11-19(18)23)24-22(26)16-8-7-9-17(14-16)30(27,28)25-20-12-5-6-13-21(20)29-2/h3-15,25H,1-2H3,(H,24,26). The Morgan fingerprint density at radius 2 is 1.70 bits per heavy atom. The highest BCUT2D eigenvalue weighted by Crippen LogP contribution is 2.27. The van der Waals surface area contributed by atoms with Gasteiger partial charge in [0.1, 0.15) is 5.75 Å². The third kappa shape index (κ3) is 5.01. The van der Waals surface area contributed by atoms with Crippen molar-refractivity contribution in [1.29, 1.82) is 0 Å². The van der Waals surface area contributed by atoms with Crippen LogP contribution in [-0.2, 0) is 10.0 Å². The number of carbonyl (C=O) groups is 1. The molecule has 1 amide bonds. The van der Waals surface area contributed by atoms with Crippen molar-refractivity contribution in [3.63, 3.8) is 0 Å². The van der Waals surface area contributed by atoms with Crippen LogP contribution >= 0.6 is 15.9 Å². The SMILES string of the molecule is COc1ccccc1NS(=O)(=O)c1cccc(C(=O)NC(C)c2ccccc2Br)c1. The molecule has 156 valence electrons. The van der Waals surface area contributed by atoms with E-state index in [9.17, 15) is 13.2 Å². The van der Waals surface area contributed by atoms with Crippen LogP contribution in [0.15, 0.2) is 82.2 Å². The number of halogens is 1. The molecule has 0 saturated heterocycles. The fourth-order valence-electron chi connectivity index (χ4n) is 2.92. The van der Waals surface area contributed by atoms with Crippen LogP contribution in [0.1, 0.15) is 28.9 Å². The number of sulfonamides is 1. The molecule has 0 aliphatic carbocycles. The Morgan fingerprint density at radius 1 is 1.00 bits per heavy atom. The number of amides is 1. The number of nitrogens with one attached hydrogen (secondary N) is 2. The van der Waals surface area contributed by atoms with Crippen LogP contribution in [-0.4, -0.2) is 21.4 Å². The van der Waals surface area contributed by atoms with E-state index in [2.05, 4.69) is 26.0 Å². The van der Waals surface area contributed by atoms with E-state index >= 15 is 0 Å². The zero-order valence-electron chi connectivity index (χ0n) is 16.4. The Morgan fingerprint density at radius 3 is 2.43 bits per heavy atom.